The Labute approximate surface area is 183 Å². The number of hydrogen-bond acceptors (Lipinski definition) is 5. The van der Waals surface area contributed by atoms with Gasteiger partial charge in [0.05, 0.1) is 6.10 Å². The minimum absolute atomic E-state index is 0.00716. The van der Waals surface area contributed by atoms with Crippen molar-refractivity contribution in [3.05, 3.63) is 59.7 Å². The third-order valence-corrected chi connectivity index (χ3v) is 6.16. The third kappa shape index (κ3) is 4.90. The van der Waals surface area contributed by atoms with Crippen molar-refractivity contribution in [2.75, 3.05) is 12.1 Å². The van der Waals surface area contributed by atoms with Crippen molar-refractivity contribution in [1.29, 1.82) is 0 Å². The molecule has 6 nitrogen and oxygen atoms in total. The van der Waals surface area contributed by atoms with Crippen LogP contribution in [0.5, 0.6) is 5.75 Å². The van der Waals surface area contributed by atoms with E-state index in [-0.39, 0.29) is 24.7 Å². The fourth-order valence-electron chi connectivity index (χ4n) is 4.17. The Kier molecular flexibility index (Phi) is 6.56. The van der Waals surface area contributed by atoms with Crippen LogP contribution in [0.15, 0.2) is 53.7 Å². The van der Waals surface area contributed by atoms with Gasteiger partial charge in [-0.3, -0.25) is 4.79 Å². The molecular formula is C25H30N2O4. The first-order chi connectivity index (χ1) is 15.1. The number of oxime groups is 1. The first-order valence-electron chi connectivity index (χ1n) is 11.0. The average molecular weight is 423 g/mol. The Morgan fingerprint density at radius 3 is 2.68 bits per heavy atom. The number of amides is 1. The fourth-order valence-corrected chi connectivity index (χ4v) is 4.17. The van der Waals surface area contributed by atoms with Gasteiger partial charge in [-0.05, 0) is 37.5 Å². The highest BCUT2D eigenvalue weighted by Crippen LogP contribution is 2.38. The minimum atomic E-state index is -1.00. The lowest BCUT2D eigenvalue weighted by molar-refractivity contribution is -0.135. The molecule has 0 spiro atoms. The zero-order chi connectivity index (χ0) is 21.7. The maximum Gasteiger partial charge on any atom is 0.271 e. The van der Waals surface area contributed by atoms with Crippen molar-refractivity contribution < 1.29 is 19.1 Å². The normalized spacial score (nSPS) is 21.6. The molecular weight excluding hydrogens is 392 g/mol. The number of carbonyl (C=O) groups is 1. The van der Waals surface area contributed by atoms with Crippen LogP contribution in [0, 0.1) is 0 Å². The second-order valence-corrected chi connectivity index (χ2v) is 8.45. The van der Waals surface area contributed by atoms with E-state index in [0.29, 0.717) is 17.9 Å². The van der Waals surface area contributed by atoms with E-state index in [1.54, 1.807) is 13.1 Å². The Balaban J connectivity index is 1.59. The summed E-state index contributed by atoms with van der Waals surface area (Å²) in [5, 5.41) is 6.82. The van der Waals surface area contributed by atoms with Crippen LogP contribution in [-0.2, 0) is 14.4 Å². The number of rotatable bonds is 8. The Morgan fingerprint density at radius 1 is 1.19 bits per heavy atom. The van der Waals surface area contributed by atoms with E-state index in [4.69, 9.17) is 14.3 Å². The van der Waals surface area contributed by atoms with Crippen molar-refractivity contribution in [1.82, 2.24) is 0 Å². The van der Waals surface area contributed by atoms with Crippen LogP contribution in [0.1, 0.15) is 63.0 Å². The van der Waals surface area contributed by atoms with Crippen LogP contribution in [0.25, 0.3) is 0 Å². The molecule has 0 saturated heterocycles. The van der Waals surface area contributed by atoms with Crippen molar-refractivity contribution in [3.63, 3.8) is 0 Å². The summed E-state index contributed by atoms with van der Waals surface area (Å²) >= 11 is 0. The van der Waals surface area contributed by atoms with Crippen molar-refractivity contribution in [2.45, 2.75) is 63.6 Å². The molecule has 6 heteroatoms. The summed E-state index contributed by atoms with van der Waals surface area (Å²) in [4.78, 5) is 18.3. The monoisotopic (exact) mass is 422 g/mol. The van der Waals surface area contributed by atoms with Crippen LogP contribution in [0.4, 0.5) is 5.69 Å². The molecule has 31 heavy (non-hydrogen) atoms. The van der Waals surface area contributed by atoms with E-state index in [2.05, 4.69) is 29.5 Å². The number of nitrogens with one attached hydrogen (secondary N) is 1. The highest BCUT2D eigenvalue weighted by molar-refractivity contribution is 6.00. The quantitative estimate of drug-likeness (QED) is 0.591. The van der Waals surface area contributed by atoms with E-state index >= 15 is 0 Å². The molecule has 2 aromatic carbocycles. The maximum atomic E-state index is 13.0. The van der Waals surface area contributed by atoms with Gasteiger partial charge in [0, 0.05) is 29.8 Å². The first-order valence-corrected chi connectivity index (χ1v) is 11.0. The van der Waals surface area contributed by atoms with Crippen LogP contribution in [0.2, 0.25) is 0 Å². The summed E-state index contributed by atoms with van der Waals surface area (Å²) in [5.74, 6) is 0.486. The van der Waals surface area contributed by atoms with Gasteiger partial charge >= 0.3 is 0 Å². The van der Waals surface area contributed by atoms with E-state index in [1.165, 1.54) is 12.8 Å². The largest absolute Gasteiger partial charge is 0.467 e. The molecule has 1 aliphatic carbocycles. The molecule has 0 bridgehead atoms. The summed E-state index contributed by atoms with van der Waals surface area (Å²) in [7, 11) is 0. The van der Waals surface area contributed by atoms with Gasteiger partial charge in [0.1, 0.15) is 5.75 Å². The van der Waals surface area contributed by atoms with Crippen molar-refractivity contribution >= 4 is 17.8 Å². The van der Waals surface area contributed by atoms with Crippen molar-refractivity contribution in [3.8, 4) is 5.75 Å². The first kappa shape index (κ1) is 21.4. The van der Waals surface area contributed by atoms with Gasteiger partial charge in [0.2, 0.25) is 5.60 Å². The zero-order valence-corrected chi connectivity index (χ0v) is 18.2. The topological polar surface area (TPSA) is 69.2 Å². The van der Waals surface area contributed by atoms with Crippen LogP contribution in [0.3, 0.4) is 0 Å². The summed E-state index contributed by atoms with van der Waals surface area (Å²) in [6, 6.07) is 15.9. The molecule has 2 atom stereocenters. The van der Waals surface area contributed by atoms with Gasteiger partial charge < -0.3 is 19.6 Å². The van der Waals surface area contributed by atoms with Crippen molar-refractivity contribution in [2.24, 2.45) is 5.16 Å². The SMILES string of the molecule is C[C@@H](c1ccccc1)c1c(NC(=O)C2(C)CC=NO2)cccc1OCOC1CCCC1. The van der Waals surface area contributed by atoms with Gasteiger partial charge in [-0.2, -0.15) is 0 Å². The van der Waals surface area contributed by atoms with E-state index in [0.717, 1.165) is 24.0 Å². The maximum absolute atomic E-state index is 13.0. The number of anilines is 1. The lowest BCUT2D eigenvalue weighted by Gasteiger charge is -2.25. The van der Waals surface area contributed by atoms with E-state index in [9.17, 15) is 4.79 Å². The highest BCUT2D eigenvalue weighted by Gasteiger charge is 2.39. The molecule has 2 aliphatic rings. The van der Waals surface area contributed by atoms with Gasteiger partial charge in [0.25, 0.3) is 5.91 Å². The molecule has 2 aromatic rings. The molecule has 1 saturated carbocycles. The molecule has 1 N–H and O–H groups in total. The zero-order valence-electron chi connectivity index (χ0n) is 18.2. The summed E-state index contributed by atoms with van der Waals surface area (Å²) in [5.41, 5.74) is 1.75. The van der Waals surface area contributed by atoms with Gasteiger partial charge in [-0.15, -0.1) is 0 Å². The number of carbonyl (C=O) groups excluding carboxylic acids is 1. The molecule has 0 aromatic heterocycles. The Morgan fingerprint density at radius 2 is 1.97 bits per heavy atom. The lowest BCUT2D eigenvalue weighted by Crippen LogP contribution is -2.39. The average Bonchev–Trinajstić information content (AvgIpc) is 3.47. The molecule has 0 radical (unpaired) electrons. The molecule has 1 amide bonds. The molecule has 1 unspecified atom stereocenters. The second kappa shape index (κ2) is 9.52. The highest BCUT2D eigenvalue weighted by atomic mass is 16.7. The number of ether oxygens (including phenoxy) is 2. The molecule has 1 heterocycles. The van der Waals surface area contributed by atoms with Gasteiger partial charge in [0.15, 0.2) is 6.79 Å². The lowest BCUT2D eigenvalue weighted by atomic mass is 9.90. The summed E-state index contributed by atoms with van der Waals surface area (Å²) in [6.07, 6.45) is 6.94. The molecule has 1 aliphatic heterocycles. The van der Waals surface area contributed by atoms with E-state index < -0.39 is 5.60 Å². The molecule has 1 fully saturated rings. The summed E-state index contributed by atoms with van der Waals surface area (Å²) in [6.45, 7) is 4.05. The predicted molar refractivity (Wildman–Crippen MR) is 120 cm³/mol. The van der Waals surface area contributed by atoms with Gasteiger partial charge in [-0.25, -0.2) is 0 Å². The number of hydrogen-bond donors (Lipinski definition) is 1. The minimum Gasteiger partial charge on any atom is -0.467 e. The Bertz CT molecular complexity index is 914. The van der Waals surface area contributed by atoms with Gasteiger partial charge in [-0.1, -0.05) is 61.3 Å². The standard InChI is InChI=1S/C25H30N2O4/c1-18(19-9-4-3-5-10-19)23-21(27-24(28)25(2)15-16-26-31-25)13-8-14-22(23)30-17-29-20-11-6-7-12-20/h3-5,8-10,13-14,16,18,20H,6-7,11-12,15,17H2,1-2H3,(H,27,28)/t18-,25?/m0/s1. The molecule has 4 rings (SSSR count). The van der Waals surface area contributed by atoms with Crippen LogP contribution in [-0.4, -0.2) is 30.6 Å². The molecule has 164 valence electrons. The number of nitrogens with zero attached hydrogens (tertiary/aromatic N) is 1. The predicted octanol–water partition coefficient (Wildman–Crippen LogP) is 5.24. The Hall–Kier alpha value is -2.86. The van der Waals surface area contributed by atoms with Crippen LogP contribution >= 0.6 is 0 Å². The fraction of sp³-hybridized carbons (Fsp3) is 0.440. The summed E-state index contributed by atoms with van der Waals surface area (Å²) < 4.78 is 12.0. The third-order valence-electron chi connectivity index (χ3n) is 6.16. The van der Waals surface area contributed by atoms with E-state index in [1.807, 2.05) is 36.4 Å². The smallest absolute Gasteiger partial charge is 0.271 e. The van der Waals surface area contributed by atoms with Crippen LogP contribution < -0.4 is 10.1 Å². The number of benzene rings is 2. The second-order valence-electron chi connectivity index (χ2n) is 8.45.